The number of aliphatic imine (C=N–C) groups is 1. The number of ether oxygens (including phenoxy) is 3. The van der Waals surface area contributed by atoms with Crippen molar-refractivity contribution in [3.63, 3.8) is 0 Å². The zero-order valence-electron chi connectivity index (χ0n) is 19.6. The van der Waals surface area contributed by atoms with Crippen molar-refractivity contribution in [2.24, 2.45) is 4.99 Å². The number of methoxy groups -OCH3 is 1. The molecule has 1 heterocycles. The van der Waals surface area contributed by atoms with Crippen LogP contribution in [0.1, 0.15) is 30.9 Å². The van der Waals surface area contributed by atoms with Crippen LogP contribution in [0.3, 0.4) is 0 Å². The topological polar surface area (TPSA) is 64.1 Å². The number of halogens is 1. The summed E-state index contributed by atoms with van der Waals surface area (Å²) in [6, 6.07) is 16.4. The van der Waals surface area contributed by atoms with Gasteiger partial charge in [0.1, 0.15) is 18.1 Å². The summed E-state index contributed by atoms with van der Waals surface area (Å²) in [4.78, 5) is 4.83. The Balaban J connectivity index is 0.00000385. The van der Waals surface area contributed by atoms with Crippen LogP contribution in [0, 0.1) is 0 Å². The molecule has 2 aromatic carbocycles. The summed E-state index contributed by atoms with van der Waals surface area (Å²) in [5.41, 5.74) is 2.33. The first kappa shape index (κ1) is 27.0. The summed E-state index contributed by atoms with van der Waals surface area (Å²) in [6.45, 7) is 9.90. The van der Waals surface area contributed by atoms with Gasteiger partial charge < -0.3 is 24.8 Å². The van der Waals surface area contributed by atoms with Crippen LogP contribution in [0.25, 0.3) is 0 Å². The van der Waals surface area contributed by atoms with Crippen LogP contribution in [0.15, 0.2) is 66.2 Å². The van der Waals surface area contributed by atoms with E-state index in [2.05, 4.69) is 36.3 Å². The number of benzene rings is 2. The van der Waals surface area contributed by atoms with Gasteiger partial charge in [0.05, 0.1) is 13.7 Å². The largest absolute Gasteiger partial charge is 0.497 e. The average Bonchev–Trinajstić information content (AvgIpc) is 2.85. The van der Waals surface area contributed by atoms with Crippen molar-refractivity contribution in [3.8, 4) is 11.5 Å². The Hall–Kier alpha value is -2.26. The van der Waals surface area contributed by atoms with Gasteiger partial charge in [0.25, 0.3) is 0 Å². The highest BCUT2D eigenvalue weighted by Crippen LogP contribution is 2.35. The first-order valence-corrected chi connectivity index (χ1v) is 11.3. The van der Waals surface area contributed by atoms with E-state index in [-0.39, 0.29) is 29.4 Å². The molecular formula is C26H36IN3O3. The Morgan fingerprint density at radius 3 is 2.52 bits per heavy atom. The van der Waals surface area contributed by atoms with Crippen LogP contribution in [0.4, 0.5) is 0 Å². The Morgan fingerprint density at radius 1 is 1.12 bits per heavy atom. The summed E-state index contributed by atoms with van der Waals surface area (Å²) in [5.74, 6) is 2.51. The van der Waals surface area contributed by atoms with Gasteiger partial charge in [-0.15, -0.1) is 24.0 Å². The van der Waals surface area contributed by atoms with Crippen molar-refractivity contribution in [2.75, 3.05) is 40.0 Å². The lowest BCUT2D eigenvalue weighted by molar-refractivity contribution is 0.0513. The predicted molar refractivity (Wildman–Crippen MR) is 145 cm³/mol. The number of nitrogens with one attached hydrogen (secondary N) is 2. The fourth-order valence-electron chi connectivity index (χ4n) is 3.96. The van der Waals surface area contributed by atoms with Crippen LogP contribution in [0.2, 0.25) is 0 Å². The molecule has 0 bridgehead atoms. The van der Waals surface area contributed by atoms with E-state index in [4.69, 9.17) is 19.2 Å². The number of hydrogen-bond acceptors (Lipinski definition) is 4. The minimum absolute atomic E-state index is 0. The van der Waals surface area contributed by atoms with Gasteiger partial charge in [0.15, 0.2) is 5.96 Å². The number of hydrogen-bond donors (Lipinski definition) is 2. The molecule has 0 radical (unpaired) electrons. The Morgan fingerprint density at radius 2 is 1.85 bits per heavy atom. The van der Waals surface area contributed by atoms with Gasteiger partial charge >= 0.3 is 0 Å². The van der Waals surface area contributed by atoms with Crippen LogP contribution in [0.5, 0.6) is 11.5 Å². The minimum Gasteiger partial charge on any atom is -0.497 e. The van der Waals surface area contributed by atoms with Crippen LogP contribution in [-0.4, -0.2) is 46.0 Å². The van der Waals surface area contributed by atoms with E-state index in [0.29, 0.717) is 13.2 Å². The lowest BCUT2D eigenvalue weighted by Crippen LogP contribution is -2.48. The molecule has 2 aromatic rings. The highest BCUT2D eigenvalue weighted by atomic mass is 127. The molecule has 2 N–H and O–H groups in total. The number of nitrogens with zero attached hydrogens (tertiary/aromatic N) is 1. The highest BCUT2D eigenvalue weighted by molar-refractivity contribution is 14.0. The number of para-hydroxylation sites is 1. The molecule has 6 nitrogen and oxygen atoms in total. The maximum Gasteiger partial charge on any atom is 0.191 e. The molecule has 0 amide bonds. The minimum atomic E-state index is -0.00824. The van der Waals surface area contributed by atoms with Gasteiger partial charge in [-0.25, -0.2) is 4.99 Å². The van der Waals surface area contributed by atoms with E-state index in [9.17, 15) is 0 Å². The molecule has 1 aliphatic heterocycles. The van der Waals surface area contributed by atoms with E-state index in [1.807, 2.05) is 36.4 Å². The van der Waals surface area contributed by atoms with Gasteiger partial charge in [-0.1, -0.05) is 43.0 Å². The van der Waals surface area contributed by atoms with E-state index in [1.54, 1.807) is 13.2 Å². The van der Waals surface area contributed by atoms with Crippen molar-refractivity contribution in [1.29, 1.82) is 0 Å². The fourth-order valence-corrected chi connectivity index (χ4v) is 3.96. The van der Waals surface area contributed by atoms with Gasteiger partial charge in [-0.2, -0.15) is 0 Å². The lowest BCUT2D eigenvalue weighted by atomic mass is 9.74. The zero-order chi connectivity index (χ0) is 22.7. The van der Waals surface area contributed by atoms with Crippen LogP contribution in [-0.2, 0) is 16.7 Å². The van der Waals surface area contributed by atoms with Crippen LogP contribution >= 0.6 is 24.0 Å². The second-order valence-electron chi connectivity index (χ2n) is 7.88. The molecule has 0 unspecified atom stereocenters. The lowest BCUT2D eigenvalue weighted by Gasteiger charge is -2.38. The monoisotopic (exact) mass is 565 g/mol. The summed E-state index contributed by atoms with van der Waals surface area (Å²) < 4.78 is 16.8. The standard InChI is InChI=1S/C26H35N3O3.HI/c1-4-16-32-24-9-7-6-8-21(24)19-28-25(27-5-2)29-20-26(14-17-31-18-15-26)22-10-12-23(30-3)13-11-22;/h4,6-13H,1,5,14-20H2,2-3H3,(H2,27,28,29);1H. The maximum atomic E-state index is 5.77. The van der Waals surface area contributed by atoms with Crippen molar-refractivity contribution in [3.05, 3.63) is 72.3 Å². The van der Waals surface area contributed by atoms with E-state index in [0.717, 1.165) is 62.2 Å². The Kier molecular flexibility index (Phi) is 11.5. The third-order valence-corrected chi connectivity index (χ3v) is 5.83. The molecule has 1 fully saturated rings. The summed E-state index contributed by atoms with van der Waals surface area (Å²) >= 11 is 0. The van der Waals surface area contributed by atoms with Gasteiger partial charge in [-0.3, -0.25) is 0 Å². The quantitative estimate of drug-likeness (QED) is 0.190. The van der Waals surface area contributed by atoms with Crippen molar-refractivity contribution < 1.29 is 14.2 Å². The van der Waals surface area contributed by atoms with Crippen molar-refractivity contribution in [1.82, 2.24) is 10.6 Å². The molecule has 0 spiro atoms. The number of rotatable bonds is 10. The van der Waals surface area contributed by atoms with Gasteiger partial charge in [0, 0.05) is 37.3 Å². The van der Waals surface area contributed by atoms with Crippen LogP contribution < -0.4 is 20.1 Å². The first-order valence-electron chi connectivity index (χ1n) is 11.3. The maximum absolute atomic E-state index is 5.77. The molecule has 7 heteroatoms. The highest BCUT2D eigenvalue weighted by Gasteiger charge is 2.34. The Labute approximate surface area is 214 Å². The summed E-state index contributed by atoms with van der Waals surface area (Å²) in [7, 11) is 1.69. The second kappa shape index (κ2) is 14.1. The fraction of sp³-hybridized carbons (Fsp3) is 0.423. The molecule has 0 aromatic heterocycles. The molecule has 0 aliphatic carbocycles. The molecule has 0 atom stereocenters. The second-order valence-corrected chi connectivity index (χ2v) is 7.88. The summed E-state index contributed by atoms with van der Waals surface area (Å²) in [5, 5.41) is 6.96. The number of guanidine groups is 1. The van der Waals surface area contributed by atoms with Gasteiger partial charge in [-0.05, 0) is 43.5 Å². The van der Waals surface area contributed by atoms with E-state index < -0.39 is 0 Å². The van der Waals surface area contributed by atoms with E-state index in [1.165, 1.54) is 5.56 Å². The molecule has 3 rings (SSSR count). The molecule has 33 heavy (non-hydrogen) atoms. The molecule has 0 saturated carbocycles. The Bertz CT molecular complexity index is 881. The first-order chi connectivity index (χ1) is 15.7. The average molecular weight is 565 g/mol. The zero-order valence-corrected chi connectivity index (χ0v) is 22.0. The third-order valence-electron chi connectivity index (χ3n) is 5.83. The smallest absolute Gasteiger partial charge is 0.191 e. The third kappa shape index (κ3) is 7.64. The molecule has 1 saturated heterocycles. The predicted octanol–water partition coefficient (Wildman–Crippen LogP) is 4.68. The molecular weight excluding hydrogens is 529 g/mol. The van der Waals surface area contributed by atoms with Gasteiger partial charge in [0.2, 0.25) is 0 Å². The SMILES string of the molecule is C=CCOc1ccccc1CN=C(NCC)NCC1(c2ccc(OC)cc2)CCOCC1.I. The van der Waals surface area contributed by atoms with E-state index >= 15 is 0 Å². The molecule has 180 valence electrons. The molecule has 1 aliphatic rings. The van der Waals surface area contributed by atoms with Crippen molar-refractivity contribution >= 4 is 29.9 Å². The van der Waals surface area contributed by atoms with Crippen molar-refractivity contribution in [2.45, 2.75) is 31.7 Å². The normalized spacial score (nSPS) is 15.2. The summed E-state index contributed by atoms with van der Waals surface area (Å²) in [6.07, 6.45) is 3.67.